The Kier molecular flexibility index (Phi) is 10.2. The third kappa shape index (κ3) is 8.75. The highest BCUT2D eigenvalue weighted by molar-refractivity contribution is 6.38. The minimum Gasteiger partial charge on any atom is -0.444 e. The first-order valence-corrected chi connectivity index (χ1v) is 15.3. The molecule has 1 heterocycles. The molecule has 1 aromatic heterocycles. The van der Waals surface area contributed by atoms with E-state index < -0.39 is 52.9 Å². The second-order valence-corrected chi connectivity index (χ2v) is 13.0. The van der Waals surface area contributed by atoms with E-state index in [4.69, 9.17) is 4.74 Å². The van der Waals surface area contributed by atoms with E-state index in [9.17, 15) is 28.8 Å². The number of hydrogen-bond donors (Lipinski definition) is 3. The lowest BCUT2D eigenvalue weighted by Crippen LogP contribution is -2.51. The number of aromatic nitrogens is 1. The number of Topliss-reactive ketones (excluding diaryl/α,β-unsaturated/α-hetero) is 2. The average Bonchev–Trinajstić information content (AvgIpc) is 3.66. The molecule has 0 spiro atoms. The second-order valence-electron chi connectivity index (χ2n) is 13.0. The lowest BCUT2D eigenvalue weighted by molar-refractivity contribution is -0.141. The van der Waals surface area contributed by atoms with Crippen LogP contribution in [-0.4, -0.2) is 51.7 Å². The van der Waals surface area contributed by atoms with Gasteiger partial charge in [0.25, 0.3) is 11.5 Å². The fraction of sp³-hybridized carbons (Fsp3) is 0.677. The van der Waals surface area contributed by atoms with Gasteiger partial charge in [0, 0.05) is 24.6 Å². The SMILES string of the molecule is CC(C)(C)OC(=O)Nc1cccn(C(CC2CCCCC2)C(=O)N[C@@H](C[C@@H]2CCCC2=O)C(=O)C(=O)NC2CC2)c1=O. The van der Waals surface area contributed by atoms with E-state index in [0.717, 1.165) is 44.9 Å². The fourth-order valence-electron chi connectivity index (χ4n) is 5.91. The number of ketones is 2. The van der Waals surface area contributed by atoms with Crippen molar-refractivity contribution >= 4 is 35.2 Å². The quantitative estimate of drug-likeness (QED) is 0.335. The molecule has 3 aliphatic carbocycles. The first-order valence-electron chi connectivity index (χ1n) is 15.3. The van der Waals surface area contributed by atoms with Crippen LogP contribution in [0.1, 0.15) is 104 Å². The minimum absolute atomic E-state index is 0.0283. The summed E-state index contributed by atoms with van der Waals surface area (Å²) >= 11 is 0. The Labute approximate surface area is 246 Å². The summed E-state index contributed by atoms with van der Waals surface area (Å²) in [5.74, 6) is -2.31. The Hall–Kier alpha value is -3.50. The lowest BCUT2D eigenvalue weighted by Gasteiger charge is -2.29. The van der Waals surface area contributed by atoms with Crippen molar-refractivity contribution in [3.63, 3.8) is 0 Å². The molecule has 1 unspecified atom stereocenters. The Balaban J connectivity index is 1.60. The standard InChI is InChI=1S/C31H44N4O7/c1-31(2,3)42-30(41)34-22-12-8-16-35(29(22)40)24(17-19-9-5-4-6-10-19)27(38)33-23(18-20-11-7-13-25(20)36)26(37)28(39)32-21-14-15-21/h8,12,16,19-21,23-24H,4-7,9-11,13-15,17-18H2,1-3H3,(H,32,39)(H,33,38)(H,34,41)/t20-,23-,24?/m0/s1. The van der Waals surface area contributed by atoms with Crippen molar-refractivity contribution in [3.8, 4) is 0 Å². The molecule has 0 radical (unpaired) electrons. The second kappa shape index (κ2) is 13.6. The monoisotopic (exact) mass is 584 g/mol. The van der Waals surface area contributed by atoms with Crippen molar-refractivity contribution in [2.75, 3.05) is 5.32 Å². The molecule has 11 nitrogen and oxygen atoms in total. The zero-order chi connectivity index (χ0) is 30.4. The van der Waals surface area contributed by atoms with Gasteiger partial charge in [-0.15, -0.1) is 0 Å². The van der Waals surface area contributed by atoms with Crippen molar-refractivity contribution in [3.05, 3.63) is 28.7 Å². The van der Waals surface area contributed by atoms with Crippen LogP contribution in [0.4, 0.5) is 10.5 Å². The van der Waals surface area contributed by atoms with Crippen molar-refractivity contribution in [2.45, 2.75) is 122 Å². The number of nitrogens with zero attached hydrogens (tertiary/aromatic N) is 1. The number of rotatable bonds is 11. The predicted octanol–water partition coefficient (Wildman–Crippen LogP) is 3.80. The van der Waals surface area contributed by atoms with E-state index in [1.165, 1.54) is 16.8 Å². The molecule has 3 amide bonds. The third-order valence-electron chi connectivity index (χ3n) is 8.25. The third-order valence-corrected chi connectivity index (χ3v) is 8.25. The summed E-state index contributed by atoms with van der Waals surface area (Å²) in [5.41, 5.74) is -1.39. The Morgan fingerprint density at radius 1 is 0.976 bits per heavy atom. The van der Waals surface area contributed by atoms with Crippen molar-refractivity contribution in [1.29, 1.82) is 0 Å². The minimum atomic E-state index is -1.18. The molecule has 4 rings (SSSR count). The number of pyridine rings is 1. The number of nitrogens with one attached hydrogen (secondary N) is 3. The van der Waals surface area contributed by atoms with Gasteiger partial charge in [0.2, 0.25) is 11.7 Å². The highest BCUT2D eigenvalue weighted by atomic mass is 16.6. The van der Waals surface area contributed by atoms with Gasteiger partial charge in [0.1, 0.15) is 23.1 Å². The van der Waals surface area contributed by atoms with Crippen LogP contribution < -0.4 is 21.5 Å². The zero-order valence-corrected chi connectivity index (χ0v) is 24.9. The molecule has 0 aromatic carbocycles. The van der Waals surface area contributed by atoms with E-state index in [-0.39, 0.29) is 29.9 Å². The zero-order valence-electron chi connectivity index (χ0n) is 24.9. The van der Waals surface area contributed by atoms with Crippen LogP contribution in [0, 0.1) is 11.8 Å². The van der Waals surface area contributed by atoms with E-state index in [2.05, 4.69) is 16.0 Å². The van der Waals surface area contributed by atoms with Gasteiger partial charge >= 0.3 is 6.09 Å². The molecular formula is C31H44N4O7. The van der Waals surface area contributed by atoms with Gasteiger partial charge in [-0.1, -0.05) is 32.1 Å². The van der Waals surface area contributed by atoms with E-state index in [1.807, 2.05) is 0 Å². The Morgan fingerprint density at radius 2 is 1.69 bits per heavy atom. The van der Waals surface area contributed by atoms with Crippen LogP contribution in [0.15, 0.2) is 23.1 Å². The Bertz CT molecular complexity index is 1240. The number of anilines is 1. The van der Waals surface area contributed by atoms with Gasteiger partial charge in [-0.25, -0.2) is 4.79 Å². The van der Waals surface area contributed by atoms with E-state index in [0.29, 0.717) is 25.7 Å². The summed E-state index contributed by atoms with van der Waals surface area (Å²) in [6.45, 7) is 5.13. The molecule has 0 bridgehead atoms. The summed E-state index contributed by atoms with van der Waals surface area (Å²) in [6.07, 6.45) is 9.45. The van der Waals surface area contributed by atoms with E-state index in [1.54, 1.807) is 26.8 Å². The normalized spacial score (nSPS) is 20.8. The number of hydrogen-bond acceptors (Lipinski definition) is 7. The summed E-state index contributed by atoms with van der Waals surface area (Å²) in [7, 11) is 0. The molecule has 3 fully saturated rings. The van der Waals surface area contributed by atoms with Gasteiger partial charge in [-0.05, 0) is 77.3 Å². The van der Waals surface area contributed by atoms with Gasteiger partial charge in [0.05, 0.1) is 6.04 Å². The maximum Gasteiger partial charge on any atom is 0.412 e. The van der Waals surface area contributed by atoms with Crippen LogP contribution >= 0.6 is 0 Å². The number of amides is 3. The topological polar surface area (TPSA) is 153 Å². The molecule has 3 N–H and O–H groups in total. The van der Waals surface area contributed by atoms with Gasteiger partial charge < -0.3 is 19.9 Å². The first-order chi connectivity index (χ1) is 19.9. The summed E-state index contributed by atoms with van der Waals surface area (Å²) in [6, 6.07) is 0.804. The molecular weight excluding hydrogens is 540 g/mol. The fourth-order valence-corrected chi connectivity index (χ4v) is 5.91. The van der Waals surface area contributed by atoms with Crippen LogP contribution in [-0.2, 0) is 23.9 Å². The lowest BCUT2D eigenvalue weighted by atomic mass is 9.84. The summed E-state index contributed by atoms with van der Waals surface area (Å²) < 4.78 is 6.57. The van der Waals surface area contributed by atoms with E-state index >= 15 is 0 Å². The highest BCUT2D eigenvalue weighted by Gasteiger charge is 2.37. The van der Waals surface area contributed by atoms with Crippen molar-refractivity contribution in [2.24, 2.45) is 11.8 Å². The molecule has 230 valence electrons. The largest absolute Gasteiger partial charge is 0.444 e. The number of ether oxygens (including phenoxy) is 1. The maximum atomic E-state index is 14.0. The molecule has 3 saturated carbocycles. The predicted molar refractivity (Wildman–Crippen MR) is 156 cm³/mol. The molecule has 1 aromatic rings. The van der Waals surface area contributed by atoms with Gasteiger partial charge in [-0.2, -0.15) is 0 Å². The molecule has 0 saturated heterocycles. The van der Waals surface area contributed by atoms with Gasteiger partial charge in [0.15, 0.2) is 0 Å². The van der Waals surface area contributed by atoms with Crippen molar-refractivity contribution < 1.29 is 28.7 Å². The summed E-state index contributed by atoms with van der Waals surface area (Å²) in [5, 5.41) is 7.95. The van der Waals surface area contributed by atoms with Crippen LogP contribution in [0.3, 0.4) is 0 Å². The first kappa shape index (κ1) is 31.4. The average molecular weight is 585 g/mol. The maximum absolute atomic E-state index is 14.0. The molecule has 3 atom stereocenters. The van der Waals surface area contributed by atoms with Crippen LogP contribution in [0.5, 0.6) is 0 Å². The number of carbonyl (C=O) groups excluding carboxylic acids is 5. The highest BCUT2D eigenvalue weighted by Crippen LogP contribution is 2.31. The molecule has 3 aliphatic rings. The number of carbonyl (C=O) groups is 5. The van der Waals surface area contributed by atoms with Crippen molar-refractivity contribution in [1.82, 2.24) is 15.2 Å². The van der Waals surface area contributed by atoms with Crippen LogP contribution in [0.2, 0.25) is 0 Å². The molecule has 11 heteroatoms. The van der Waals surface area contributed by atoms with Crippen LogP contribution in [0.25, 0.3) is 0 Å². The summed E-state index contributed by atoms with van der Waals surface area (Å²) in [4.78, 5) is 78.4. The smallest absolute Gasteiger partial charge is 0.412 e. The molecule has 42 heavy (non-hydrogen) atoms. The Morgan fingerprint density at radius 3 is 2.31 bits per heavy atom. The van der Waals surface area contributed by atoms with Gasteiger partial charge in [-0.3, -0.25) is 29.3 Å². The molecule has 0 aliphatic heterocycles.